The van der Waals surface area contributed by atoms with Gasteiger partial charge in [-0.3, -0.25) is 14.9 Å². The van der Waals surface area contributed by atoms with Crippen LogP contribution in [0.3, 0.4) is 0 Å². The second-order valence-electron chi connectivity index (χ2n) is 5.80. The molecule has 1 aliphatic rings. The van der Waals surface area contributed by atoms with Crippen molar-refractivity contribution >= 4 is 11.6 Å². The van der Waals surface area contributed by atoms with Crippen molar-refractivity contribution in [3.8, 4) is 17.2 Å². The average molecular weight is 358 g/mol. The largest absolute Gasteiger partial charge is 0.496 e. The number of aryl methyl sites for hydroxylation is 1. The minimum absolute atomic E-state index is 0.0231. The van der Waals surface area contributed by atoms with Crippen LogP contribution >= 0.6 is 0 Å². The van der Waals surface area contributed by atoms with Gasteiger partial charge in [0.15, 0.2) is 11.5 Å². The van der Waals surface area contributed by atoms with Gasteiger partial charge in [0.2, 0.25) is 6.79 Å². The molecule has 0 unspecified atom stereocenters. The average Bonchev–Trinajstić information content (AvgIpc) is 3.08. The summed E-state index contributed by atoms with van der Waals surface area (Å²) in [4.78, 5) is 23.1. The van der Waals surface area contributed by atoms with Crippen molar-refractivity contribution in [2.24, 2.45) is 0 Å². The minimum atomic E-state index is -0.611. The van der Waals surface area contributed by atoms with Crippen LogP contribution in [0.15, 0.2) is 30.3 Å². The Morgan fingerprint density at radius 3 is 2.69 bits per heavy atom. The fourth-order valence-electron chi connectivity index (χ4n) is 2.77. The number of methoxy groups -OCH3 is 1. The maximum Gasteiger partial charge on any atom is 0.286 e. The lowest BCUT2D eigenvalue weighted by Gasteiger charge is -2.11. The Labute approximate surface area is 149 Å². The summed E-state index contributed by atoms with van der Waals surface area (Å²) < 4.78 is 15.6. The van der Waals surface area contributed by atoms with Crippen molar-refractivity contribution in [2.45, 2.75) is 13.3 Å². The van der Waals surface area contributed by atoms with Gasteiger partial charge >= 0.3 is 0 Å². The molecular weight excluding hydrogens is 340 g/mol. The molecule has 136 valence electrons. The van der Waals surface area contributed by atoms with Gasteiger partial charge in [0.25, 0.3) is 11.6 Å². The molecule has 1 aliphatic heterocycles. The lowest BCUT2D eigenvalue weighted by molar-refractivity contribution is -0.385. The summed E-state index contributed by atoms with van der Waals surface area (Å²) in [6, 6.07) is 8.34. The lowest BCUT2D eigenvalue weighted by atomic mass is 10.1. The highest BCUT2D eigenvalue weighted by Gasteiger charge is 2.27. The molecule has 0 radical (unpaired) electrons. The summed E-state index contributed by atoms with van der Waals surface area (Å²) in [6.07, 6.45) is 0.537. The highest BCUT2D eigenvalue weighted by atomic mass is 16.7. The van der Waals surface area contributed by atoms with E-state index in [4.69, 9.17) is 14.2 Å². The Kier molecular flexibility index (Phi) is 4.92. The monoisotopic (exact) mass is 358 g/mol. The molecule has 0 saturated carbocycles. The smallest absolute Gasteiger partial charge is 0.286 e. The molecule has 0 aliphatic carbocycles. The molecule has 0 spiro atoms. The normalized spacial score (nSPS) is 11.9. The van der Waals surface area contributed by atoms with Gasteiger partial charge in [-0.25, -0.2) is 0 Å². The first-order valence-electron chi connectivity index (χ1n) is 7.99. The number of benzene rings is 2. The molecule has 2 aromatic rings. The summed E-state index contributed by atoms with van der Waals surface area (Å²) in [5, 5.41) is 14.0. The zero-order valence-electron chi connectivity index (χ0n) is 14.4. The quantitative estimate of drug-likeness (QED) is 0.629. The van der Waals surface area contributed by atoms with E-state index in [1.165, 1.54) is 12.1 Å². The summed E-state index contributed by atoms with van der Waals surface area (Å²) in [5.74, 6) is 0.777. The van der Waals surface area contributed by atoms with Gasteiger partial charge in [-0.15, -0.1) is 0 Å². The number of nitro benzene ring substituents is 1. The highest BCUT2D eigenvalue weighted by molar-refractivity contribution is 5.99. The number of rotatable bonds is 6. The van der Waals surface area contributed by atoms with Crippen molar-refractivity contribution in [3.63, 3.8) is 0 Å². The zero-order valence-corrected chi connectivity index (χ0v) is 14.4. The molecule has 0 fully saturated rings. The molecule has 0 aromatic heterocycles. The molecule has 1 N–H and O–H groups in total. The molecule has 8 heteroatoms. The second kappa shape index (κ2) is 7.30. The zero-order chi connectivity index (χ0) is 18.7. The van der Waals surface area contributed by atoms with E-state index in [1.807, 2.05) is 25.1 Å². The molecule has 0 atom stereocenters. The number of ether oxygens (including phenoxy) is 3. The second-order valence-corrected chi connectivity index (χ2v) is 5.80. The van der Waals surface area contributed by atoms with E-state index in [-0.39, 0.29) is 23.8 Å². The maximum absolute atomic E-state index is 12.4. The van der Waals surface area contributed by atoms with Crippen LogP contribution in [0.2, 0.25) is 0 Å². The number of hydrogen-bond acceptors (Lipinski definition) is 6. The summed E-state index contributed by atoms with van der Waals surface area (Å²) in [5.41, 5.74) is 1.65. The molecule has 0 bridgehead atoms. The summed E-state index contributed by atoms with van der Waals surface area (Å²) >= 11 is 0. The fourth-order valence-corrected chi connectivity index (χ4v) is 2.77. The molecule has 26 heavy (non-hydrogen) atoms. The molecule has 0 saturated heterocycles. The van der Waals surface area contributed by atoms with Crippen molar-refractivity contribution in [2.75, 3.05) is 20.4 Å². The van der Waals surface area contributed by atoms with E-state index in [0.717, 1.165) is 16.9 Å². The van der Waals surface area contributed by atoms with E-state index in [2.05, 4.69) is 5.32 Å². The predicted molar refractivity (Wildman–Crippen MR) is 93.0 cm³/mol. The predicted octanol–water partition coefficient (Wildman–Crippen LogP) is 2.61. The first-order chi connectivity index (χ1) is 12.5. The van der Waals surface area contributed by atoms with Gasteiger partial charge in [-0.05, 0) is 25.0 Å². The third kappa shape index (κ3) is 3.53. The number of carbonyl (C=O) groups is 1. The van der Waals surface area contributed by atoms with Crippen molar-refractivity contribution in [1.29, 1.82) is 0 Å². The number of nitro groups is 1. The Morgan fingerprint density at radius 1 is 1.27 bits per heavy atom. The van der Waals surface area contributed by atoms with Gasteiger partial charge in [0, 0.05) is 12.6 Å². The number of hydrogen-bond donors (Lipinski definition) is 1. The van der Waals surface area contributed by atoms with Crippen LogP contribution in [0.1, 0.15) is 21.5 Å². The summed E-state index contributed by atoms with van der Waals surface area (Å²) in [7, 11) is 1.59. The lowest BCUT2D eigenvalue weighted by Crippen LogP contribution is -2.26. The van der Waals surface area contributed by atoms with E-state index >= 15 is 0 Å². The molecule has 1 heterocycles. The number of amides is 1. The van der Waals surface area contributed by atoms with E-state index in [0.29, 0.717) is 18.7 Å². The number of nitrogens with one attached hydrogen (secondary N) is 1. The molecule has 8 nitrogen and oxygen atoms in total. The topological polar surface area (TPSA) is 99.9 Å². The van der Waals surface area contributed by atoms with Crippen LogP contribution < -0.4 is 19.5 Å². The van der Waals surface area contributed by atoms with Crippen molar-refractivity contribution in [1.82, 2.24) is 5.32 Å². The van der Waals surface area contributed by atoms with Gasteiger partial charge in [-0.1, -0.05) is 17.7 Å². The third-order valence-electron chi connectivity index (χ3n) is 4.05. The van der Waals surface area contributed by atoms with Gasteiger partial charge < -0.3 is 19.5 Å². The van der Waals surface area contributed by atoms with E-state index in [1.54, 1.807) is 7.11 Å². The molecule has 1 amide bonds. The van der Waals surface area contributed by atoms with Crippen molar-refractivity contribution in [3.05, 3.63) is 57.1 Å². The standard InChI is InChI=1S/C18H18N2O6/c1-11-3-4-15(24-2)12(7-11)5-6-19-18(21)13-8-16-17(26-10-25-16)9-14(13)20(22)23/h3-4,7-9H,5-6,10H2,1-2H3,(H,19,21). The van der Waals surface area contributed by atoms with Crippen LogP contribution in [0, 0.1) is 17.0 Å². The number of carbonyl (C=O) groups excluding carboxylic acids is 1. The van der Waals surface area contributed by atoms with Gasteiger partial charge in [-0.2, -0.15) is 0 Å². The first-order valence-corrected chi connectivity index (χ1v) is 7.99. The molecule has 3 rings (SSSR count). The Morgan fingerprint density at radius 2 is 2.00 bits per heavy atom. The number of nitrogens with zero attached hydrogens (tertiary/aromatic N) is 1. The van der Waals surface area contributed by atoms with Gasteiger partial charge in [0.05, 0.1) is 18.1 Å². The Bertz CT molecular complexity index is 865. The van der Waals surface area contributed by atoms with E-state index in [9.17, 15) is 14.9 Å². The SMILES string of the molecule is COc1ccc(C)cc1CCNC(=O)c1cc2c(cc1[N+](=O)[O-])OCO2. The third-order valence-corrected chi connectivity index (χ3v) is 4.05. The van der Waals surface area contributed by atoms with Crippen LogP contribution in [0.5, 0.6) is 17.2 Å². The molecular formula is C18H18N2O6. The van der Waals surface area contributed by atoms with Crippen molar-refractivity contribution < 1.29 is 23.9 Å². The van der Waals surface area contributed by atoms with Crippen LogP contribution in [-0.4, -0.2) is 31.3 Å². The maximum atomic E-state index is 12.4. The Balaban J connectivity index is 1.73. The van der Waals surface area contributed by atoms with Crippen LogP contribution in [0.25, 0.3) is 0 Å². The van der Waals surface area contributed by atoms with Crippen LogP contribution in [-0.2, 0) is 6.42 Å². The molecule has 2 aromatic carbocycles. The first kappa shape index (κ1) is 17.5. The van der Waals surface area contributed by atoms with E-state index < -0.39 is 10.8 Å². The Hall–Kier alpha value is -3.29. The highest BCUT2D eigenvalue weighted by Crippen LogP contribution is 2.37. The fraction of sp³-hybridized carbons (Fsp3) is 0.278. The van der Waals surface area contributed by atoms with Gasteiger partial charge in [0.1, 0.15) is 11.3 Å². The summed E-state index contributed by atoms with van der Waals surface area (Å²) in [6.45, 7) is 2.26. The number of fused-ring (bicyclic) bond motifs is 1. The minimum Gasteiger partial charge on any atom is -0.496 e. The van der Waals surface area contributed by atoms with Crippen LogP contribution in [0.4, 0.5) is 5.69 Å².